The number of hydrogen-bond acceptors (Lipinski definition) is 2. The average Bonchev–Trinajstić information content (AvgIpc) is 2.92. The van der Waals surface area contributed by atoms with Crippen LogP contribution in [0.1, 0.15) is 55.5 Å². The van der Waals surface area contributed by atoms with Crippen LogP contribution >= 0.6 is 0 Å². The predicted molar refractivity (Wildman–Crippen MR) is 87.1 cm³/mol. The zero-order valence-electron chi connectivity index (χ0n) is 13.4. The number of carbonyl (C=O) groups is 2. The van der Waals surface area contributed by atoms with Crippen molar-refractivity contribution in [2.24, 2.45) is 5.92 Å². The molecule has 2 aliphatic rings. The molecule has 2 amide bonds. The molecule has 1 aliphatic carbocycles. The van der Waals surface area contributed by atoms with Gasteiger partial charge in [-0.25, -0.2) is 0 Å². The Labute approximate surface area is 131 Å². The number of carbonyl (C=O) groups excluding carboxylic acids is 2. The van der Waals surface area contributed by atoms with E-state index in [2.05, 4.69) is 12.2 Å². The third kappa shape index (κ3) is 2.87. The normalized spacial score (nSPS) is 24.0. The van der Waals surface area contributed by atoms with Crippen LogP contribution in [-0.2, 0) is 11.2 Å². The summed E-state index contributed by atoms with van der Waals surface area (Å²) in [5, 5.41) is 3.19. The Morgan fingerprint density at radius 2 is 2.00 bits per heavy atom. The van der Waals surface area contributed by atoms with Crippen molar-refractivity contribution in [3.05, 3.63) is 29.3 Å². The van der Waals surface area contributed by atoms with Crippen molar-refractivity contribution < 1.29 is 9.59 Å². The maximum atomic E-state index is 12.5. The largest absolute Gasteiger partial charge is 0.349 e. The van der Waals surface area contributed by atoms with Gasteiger partial charge in [-0.1, -0.05) is 19.8 Å². The van der Waals surface area contributed by atoms with E-state index in [1.807, 2.05) is 18.2 Å². The summed E-state index contributed by atoms with van der Waals surface area (Å²) in [6.07, 6.45) is 5.58. The van der Waals surface area contributed by atoms with E-state index in [1.54, 1.807) is 11.8 Å². The Bertz CT molecular complexity index is 597. The smallest absolute Gasteiger partial charge is 0.251 e. The number of amides is 2. The highest BCUT2D eigenvalue weighted by Gasteiger charge is 2.25. The van der Waals surface area contributed by atoms with E-state index in [0.29, 0.717) is 17.5 Å². The van der Waals surface area contributed by atoms with E-state index in [1.165, 1.54) is 19.3 Å². The van der Waals surface area contributed by atoms with Crippen molar-refractivity contribution in [2.45, 2.75) is 52.0 Å². The van der Waals surface area contributed by atoms with Gasteiger partial charge in [0.25, 0.3) is 5.91 Å². The van der Waals surface area contributed by atoms with Gasteiger partial charge in [0.2, 0.25) is 5.91 Å². The quantitative estimate of drug-likeness (QED) is 0.913. The molecule has 118 valence electrons. The number of anilines is 1. The number of nitrogens with one attached hydrogen (secondary N) is 1. The second-order valence-corrected chi connectivity index (χ2v) is 6.61. The van der Waals surface area contributed by atoms with Gasteiger partial charge in [0, 0.05) is 30.8 Å². The van der Waals surface area contributed by atoms with Gasteiger partial charge in [0.15, 0.2) is 0 Å². The van der Waals surface area contributed by atoms with Crippen molar-refractivity contribution in [1.82, 2.24) is 5.32 Å². The van der Waals surface area contributed by atoms with Gasteiger partial charge in [-0.2, -0.15) is 0 Å². The number of hydrogen-bond donors (Lipinski definition) is 1. The van der Waals surface area contributed by atoms with Crippen LogP contribution in [0.4, 0.5) is 5.69 Å². The topological polar surface area (TPSA) is 49.4 Å². The van der Waals surface area contributed by atoms with Gasteiger partial charge in [0.1, 0.15) is 0 Å². The van der Waals surface area contributed by atoms with Crippen LogP contribution in [-0.4, -0.2) is 24.4 Å². The molecule has 0 spiro atoms. The van der Waals surface area contributed by atoms with Gasteiger partial charge >= 0.3 is 0 Å². The maximum absolute atomic E-state index is 12.5. The van der Waals surface area contributed by atoms with E-state index in [0.717, 1.165) is 30.6 Å². The second kappa shape index (κ2) is 6.11. The third-order valence-electron chi connectivity index (χ3n) is 5.05. The third-order valence-corrected chi connectivity index (χ3v) is 5.05. The van der Waals surface area contributed by atoms with Gasteiger partial charge in [-0.15, -0.1) is 0 Å². The summed E-state index contributed by atoms with van der Waals surface area (Å²) < 4.78 is 0. The van der Waals surface area contributed by atoms with Crippen molar-refractivity contribution in [3.8, 4) is 0 Å². The molecule has 1 N–H and O–H groups in total. The molecule has 0 saturated heterocycles. The van der Waals surface area contributed by atoms with Gasteiger partial charge < -0.3 is 10.2 Å². The lowest BCUT2D eigenvalue weighted by molar-refractivity contribution is -0.116. The molecule has 3 rings (SSSR count). The molecule has 2 atom stereocenters. The Morgan fingerprint density at radius 1 is 1.23 bits per heavy atom. The van der Waals surface area contributed by atoms with Crippen LogP contribution < -0.4 is 10.2 Å². The number of rotatable bonds is 2. The first kappa shape index (κ1) is 15.1. The molecular weight excluding hydrogens is 276 g/mol. The Morgan fingerprint density at radius 3 is 2.73 bits per heavy atom. The number of benzene rings is 1. The summed E-state index contributed by atoms with van der Waals surface area (Å²) in [6, 6.07) is 5.98. The fraction of sp³-hybridized carbons (Fsp3) is 0.556. The summed E-state index contributed by atoms with van der Waals surface area (Å²) >= 11 is 0. The van der Waals surface area contributed by atoms with Crippen molar-refractivity contribution >= 4 is 17.5 Å². The molecule has 1 aliphatic heterocycles. The summed E-state index contributed by atoms with van der Waals surface area (Å²) in [6.45, 7) is 4.52. The highest BCUT2D eigenvalue weighted by Crippen LogP contribution is 2.29. The fourth-order valence-corrected chi connectivity index (χ4v) is 3.65. The van der Waals surface area contributed by atoms with Crippen molar-refractivity contribution in [1.29, 1.82) is 0 Å². The first-order valence-electron chi connectivity index (χ1n) is 8.28. The monoisotopic (exact) mass is 300 g/mol. The highest BCUT2D eigenvalue weighted by atomic mass is 16.2. The van der Waals surface area contributed by atoms with Gasteiger partial charge in [-0.3, -0.25) is 9.59 Å². The lowest BCUT2D eigenvalue weighted by Crippen LogP contribution is -2.41. The highest BCUT2D eigenvalue weighted by molar-refractivity contribution is 5.98. The minimum absolute atomic E-state index is 0.0165. The lowest BCUT2D eigenvalue weighted by atomic mass is 9.86. The van der Waals surface area contributed by atoms with Crippen LogP contribution in [0.25, 0.3) is 0 Å². The lowest BCUT2D eigenvalue weighted by Gasteiger charge is -2.29. The first-order valence-corrected chi connectivity index (χ1v) is 8.28. The van der Waals surface area contributed by atoms with Crippen LogP contribution in [0.2, 0.25) is 0 Å². The maximum Gasteiger partial charge on any atom is 0.251 e. The summed E-state index contributed by atoms with van der Waals surface area (Å²) in [5.74, 6) is 0.634. The van der Waals surface area contributed by atoms with E-state index in [-0.39, 0.29) is 11.8 Å². The molecule has 0 radical (unpaired) electrons. The van der Waals surface area contributed by atoms with Crippen molar-refractivity contribution in [2.75, 3.05) is 11.4 Å². The summed E-state index contributed by atoms with van der Waals surface area (Å²) in [7, 11) is 0. The van der Waals surface area contributed by atoms with E-state index in [4.69, 9.17) is 0 Å². The molecule has 1 aromatic carbocycles. The van der Waals surface area contributed by atoms with Gasteiger partial charge in [-0.05, 0) is 48.9 Å². The Balaban J connectivity index is 1.73. The molecule has 1 fully saturated rings. The number of nitrogens with zero attached hydrogens (tertiary/aromatic N) is 1. The first-order chi connectivity index (χ1) is 10.6. The molecular formula is C18H24N2O2. The molecule has 0 aromatic heterocycles. The molecule has 2 unspecified atom stereocenters. The van der Waals surface area contributed by atoms with Crippen LogP contribution in [0.15, 0.2) is 18.2 Å². The molecule has 0 bridgehead atoms. The predicted octanol–water partition coefficient (Wildman–Crippen LogP) is 2.90. The van der Waals surface area contributed by atoms with E-state index in [9.17, 15) is 9.59 Å². The molecule has 1 saturated carbocycles. The molecule has 4 heteroatoms. The Hall–Kier alpha value is -1.84. The number of fused-ring (bicyclic) bond motifs is 1. The zero-order chi connectivity index (χ0) is 15.7. The molecule has 1 aromatic rings. The molecule has 22 heavy (non-hydrogen) atoms. The van der Waals surface area contributed by atoms with Crippen LogP contribution in [0, 0.1) is 5.92 Å². The van der Waals surface area contributed by atoms with Crippen molar-refractivity contribution in [3.63, 3.8) is 0 Å². The Kier molecular flexibility index (Phi) is 4.19. The summed E-state index contributed by atoms with van der Waals surface area (Å²) in [5.41, 5.74) is 2.76. The van der Waals surface area contributed by atoms with Crippen LogP contribution in [0.5, 0.6) is 0 Å². The zero-order valence-corrected chi connectivity index (χ0v) is 13.4. The van der Waals surface area contributed by atoms with Gasteiger partial charge in [0.05, 0.1) is 0 Å². The molecule has 4 nitrogen and oxygen atoms in total. The SMILES string of the molecule is CC(=O)N1CCc2cc(C(=O)NC3CCCCC3C)ccc21. The average molecular weight is 300 g/mol. The second-order valence-electron chi connectivity index (χ2n) is 6.61. The molecule has 1 heterocycles. The fourth-order valence-electron chi connectivity index (χ4n) is 3.65. The minimum Gasteiger partial charge on any atom is -0.349 e. The standard InChI is InChI=1S/C18H24N2O2/c1-12-5-3-4-6-16(12)19-18(22)15-7-8-17-14(11-15)9-10-20(17)13(2)21/h7-8,11-12,16H,3-6,9-10H2,1-2H3,(H,19,22). The van der Waals surface area contributed by atoms with E-state index >= 15 is 0 Å². The minimum atomic E-state index is 0.0165. The van der Waals surface area contributed by atoms with Crippen LogP contribution in [0.3, 0.4) is 0 Å². The summed E-state index contributed by atoms with van der Waals surface area (Å²) in [4.78, 5) is 25.8. The van der Waals surface area contributed by atoms with E-state index < -0.39 is 0 Å².